The van der Waals surface area contributed by atoms with Crippen LogP contribution in [0.5, 0.6) is 11.5 Å². The average molecular weight is 426 g/mol. The smallest absolute Gasteiger partial charge is 0.311 e. The Kier molecular flexibility index (Phi) is 7.96. The molecule has 6 nitrogen and oxygen atoms in total. The topological polar surface area (TPSA) is 73.9 Å². The number of rotatable bonds is 8. The van der Waals surface area contributed by atoms with E-state index in [1.165, 1.54) is 14.0 Å². The zero-order valence-corrected chi connectivity index (χ0v) is 17.3. The first-order valence-electron chi connectivity index (χ1n) is 8.46. The van der Waals surface area contributed by atoms with Gasteiger partial charge in [-0.15, -0.1) is 0 Å². The van der Waals surface area contributed by atoms with Crippen molar-refractivity contribution in [3.63, 3.8) is 0 Å². The van der Waals surface area contributed by atoms with Crippen molar-refractivity contribution in [1.82, 2.24) is 5.32 Å². The van der Waals surface area contributed by atoms with Crippen LogP contribution in [-0.4, -0.2) is 32.2 Å². The Hall–Kier alpha value is -2.44. The van der Waals surface area contributed by atoms with Gasteiger partial charge in [0.1, 0.15) is 0 Å². The molecule has 0 aliphatic heterocycles. The lowest BCUT2D eigenvalue weighted by atomic mass is 10.1. The maximum absolute atomic E-state index is 12.2. The summed E-state index contributed by atoms with van der Waals surface area (Å²) in [6.07, 6.45) is -0.998. The molecule has 1 atom stereocenters. The van der Waals surface area contributed by atoms with Gasteiger partial charge in [0.25, 0.3) is 5.91 Å². The van der Waals surface area contributed by atoms with Gasteiger partial charge >= 0.3 is 5.97 Å². The number of benzene rings is 2. The lowest BCUT2D eigenvalue weighted by Gasteiger charge is -2.15. The van der Waals surface area contributed by atoms with Gasteiger partial charge in [-0.2, -0.15) is 0 Å². The quantitative estimate of drug-likeness (QED) is 0.650. The Bertz CT molecular complexity index is 856. The van der Waals surface area contributed by atoms with Crippen molar-refractivity contribution in [2.45, 2.75) is 26.0 Å². The van der Waals surface area contributed by atoms with Crippen LogP contribution in [0.4, 0.5) is 0 Å². The molecule has 0 spiro atoms. The second-order valence-corrected chi connectivity index (χ2v) is 6.80. The molecular formula is C20H21Cl2NO5. The molecule has 2 aromatic rings. The molecule has 2 rings (SSSR count). The van der Waals surface area contributed by atoms with E-state index in [0.29, 0.717) is 27.1 Å². The van der Waals surface area contributed by atoms with Gasteiger partial charge in [-0.25, -0.2) is 0 Å². The van der Waals surface area contributed by atoms with Gasteiger partial charge < -0.3 is 19.5 Å². The van der Waals surface area contributed by atoms with Crippen LogP contribution >= 0.6 is 23.2 Å². The fourth-order valence-electron chi connectivity index (χ4n) is 2.44. The second-order valence-electron chi connectivity index (χ2n) is 5.95. The van der Waals surface area contributed by atoms with Crippen LogP contribution in [0.3, 0.4) is 0 Å². The summed E-state index contributed by atoms with van der Waals surface area (Å²) in [7, 11) is 3.08. The number of carbonyl (C=O) groups excluding carboxylic acids is 2. The van der Waals surface area contributed by atoms with E-state index in [2.05, 4.69) is 5.32 Å². The third-order valence-electron chi connectivity index (χ3n) is 3.94. The molecule has 28 heavy (non-hydrogen) atoms. The Morgan fingerprint density at radius 3 is 2.39 bits per heavy atom. The van der Waals surface area contributed by atoms with Crippen molar-refractivity contribution < 1.29 is 23.8 Å². The number of carbonyl (C=O) groups is 2. The SMILES string of the molecule is COc1ccc(CNC(=O)C(C)OC(=O)Cc2ccc(Cl)cc2Cl)cc1OC. The van der Waals surface area contributed by atoms with Crippen LogP contribution < -0.4 is 14.8 Å². The summed E-state index contributed by atoms with van der Waals surface area (Å²) < 4.78 is 15.6. The van der Waals surface area contributed by atoms with Gasteiger partial charge in [0.2, 0.25) is 0 Å². The molecule has 8 heteroatoms. The summed E-state index contributed by atoms with van der Waals surface area (Å²) in [5, 5.41) is 3.57. The zero-order valence-electron chi connectivity index (χ0n) is 15.8. The summed E-state index contributed by atoms with van der Waals surface area (Å²) in [5.41, 5.74) is 1.39. The van der Waals surface area contributed by atoms with Crippen LogP contribution in [0.25, 0.3) is 0 Å². The Morgan fingerprint density at radius 2 is 1.75 bits per heavy atom. The van der Waals surface area contributed by atoms with Crippen LogP contribution in [0.2, 0.25) is 10.0 Å². The number of ether oxygens (including phenoxy) is 3. The van der Waals surface area contributed by atoms with E-state index in [9.17, 15) is 9.59 Å². The summed E-state index contributed by atoms with van der Waals surface area (Å²) in [6.45, 7) is 1.76. The molecule has 0 fully saturated rings. The minimum Gasteiger partial charge on any atom is -0.493 e. The number of nitrogens with one attached hydrogen (secondary N) is 1. The monoisotopic (exact) mass is 425 g/mol. The van der Waals surface area contributed by atoms with E-state index in [1.54, 1.807) is 43.5 Å². The number of hydrogen-bond acceptors (Lipinski definition) is 5. The minimum atomic E-state index is -0.946. The van der Waals surface area contributed by atoms with Crippen molar-refractivity contribution in [2.75, 3.05) is 14.2 Å². The van der Waals surface area contributed by atoms with E-state index < -0.39 is 18.0 Å². The predicted molar refractivity (Wildman–Crippen MR) is 107 cm³/mol. The van der Waals surface area contributed by atoms with Gasteiger partial charge in [0.15, 0.2) is 17.6 Å². The molecule has 1 N–H and O–H groups in total. The standard InChI is InChI=1S/C20H21Cl2NO5/c1-12(28-19(24)9-14-5-6-15(21)10-16(14)22)20(25)23-11-13-4-7-17(26-2)18(8-13)27-3/h4-8,10,12H,9,11H2,1-3H3,(H,23,25). The Balaban J connectivity index is 1.87. The van der Waals surface area contributed by atoms with Gasteiger partial charge in [-0.05, 0) is 42.3 Å². The number of esters is 1. The molecular weight excluding hydrogens is 405 g/mol. The largest absolute Gasteiger partial charge is 0.493 e. The van der Waals surface area contributed by atoms with Crippen LogP contribution in [0.1, 0.15) is 18.1 Å². The molecule has 1 amide bonds. The first kappa shape index (κ1) is 21.9. The van der Waals surface area contributed by atoms with Crippen molar-refractivity contribution in [3.8, 4) is 11.5 Å². The Morgan fingerprint density at radius 1 is 1.04 bits per heavy atom. The van der Waals surface area contributed by atoms with E-state index in [0.717, 1.165) is 5.56 Å². The molecule has 0 bridgehead atoms. The van der Waals surface area contributed by atoms with Crippen LogP contribution in [-0.2, 0) is 27.3 Å². The van der Waals surface area contributed by atoms with Crippen LogP contribution in [0.15, 0.2) is 36.4 Å². The van der Waals surface area contributed by atoms with Gasteiger partial charge in [0, 0.05) is 16.6 Å². The van der Waals surface area contributed by atoms with Gasteiger partial charge in [0.05, 0.1) is 20.6 Å². The fraction of sp³-hybridized carbons (Fsp3) is 0.300. The van der Waals surface area contributed by atoms with E-state index in [4.69, 9.17) is 37.4 Å². The summed E-state index contributed by atoms with van der Waals surface area (Å²) in [6, 6.07) is 10.1. The molecule has 0 heterocycles. The minimum absolute atomic E-state index is 0.0523. The maximum Gasteiger partial charge on any atom is 0.311 e. The van der Waals surface area contributed by atoms with Crippen molar-refractivity contribution in [3.05, 3.63) is 57.6 Å². The molecule has 2 aromatic carbocycles. The highest BCUT2D eigenvalue weighted by atomic mass is 35.5. The van der Waals surface area contributed by atoms with E-state index in [1.807, 2.05) is 0 Å². The van der Waals surface area contributed by atoms with Crippen molar-refractivity contribution in [2.24, 2.45) is 0 Å². The zero-order chi connectivity index (χ0) is 20.7. The summed E-state index contributed by atoms with van der Waals surface area (Å²) in [5.74, 6) is 0.192. The molecule has 0 aliphatic carbocycles. The third-order valence-corrected chi connectivity index (χ3v) is 4.53. The first-order chi connectivity index (χ1) is 13.3. The highest BCUT2D eigenvalue weighted by Crippen LogP contribution is 2.27. The lowest BCUT2D eigenvalue weighted by molar-refractivity contribution is -0.154. The summed E-state index contributed by atoms with van der Waals surface area (Å²) >= 11 is 11.9. The molecule has 1 unspecified atom stereocenters. The molecule has 0 aliphatic rings. The summed E-state index contributed by atoms with van der Waals surface area (Å²) in [4.78, 5) is 24.3. The van der Waals surface area contributed by atoms with Gasteiger partial charge in [-0.1, -0.05) is 35.3 Å². The van der Waals surface area contributed by atoms with E-state index in [-0.39, 0.29) is 13.0 Å². The first-order valence-corrected chi connectivity index (χ1v) is 9.21. The highest BCUT2D eigenvalue weighted by Gasteiger charge is 2.19. The van der Waals surface area contributed by atoms with E-state index >= 15 is 0 Å². The number of amides is 1. The predicted octanol–water partition coefficient (Wildman–Crippen LogP) is 3.80. The average Bonchev–Trinajstić information content (AvgIpc) is 2.67. The highest BCUT2D eigenvalue weighted by molar-refractivity contribution is 6.35. The second kappa shape index (κ2) is 10.2. The molecule has 0 saturated heterocycles. The van der Waals surface area contributed by atoms with Crippen LogP contribution in [0, 0.1) is 0 Å². The molecule has 150 valence electrons. The fourth-order valence-corrected chi connectivity index (χ4v) is 2.91. The third kappa shape index (κ3) is 6.04. The molecule has 0 saturated carbocycles. The van der Waals surface area contributed by atoms with Crippen molar-refractivity contribution >= 4 is 35.1 Å². The lowest BCUT2D eigenvalue weighted by Crippen LogP contribution is -2.35. The number of hydrogen-bond donors (Lipinski definition) is 1. The normalized spacial score (nSPS) is 11.5. The maximum atomic E-state index is 12.2. The van der Waals surface area contributed by atoms with Crippen molar-refractivity contribution in [1.29, 1.82) is 0 Å². The Labute approximate surface area is 173 Å². The molecule has 0 aromatic heterocycles. The molecule has 0 radical (unpaired) electrons. The number of halogens is 2. The number of methoxy groups -OCH3 is 2. The van der Waals surface area contributed by atoms with Gasteiger partial charge in [-0.3, -0.25) is 9.59 Å².